The minimum atomic E-state index is -0.00923. The summed E-state index contributed by atoms with van der Waals surface area (Å²) in [6, 6.07) is 8.26. The minimum absolute atomic E-state index is 0.00923. The smallest absolute Gasteiger partial charge is 0.167 e. The molecule has 1 aromatic carbocycles. The quantitative estimate of drug-likeness (QED) is 0.210. The van der Waals surface area contributed by atoms with E-state index in [1.165, 1.54) is 96.3 Å². The molecule has 0 radical (unpaired) electrons. The van der Waals surface area contributed by atoms with Crippen molar-refractivity contribution in [1.29, 1.82) is 0 Å². The third-order valence-corrected chi connectivity index (χ3v) is 7.86. The number of anilines is 1. The lowest BCUT2D eigenvalue weighted by molar-refractivity contribution is 0.0911. The van der Waals surface area contributed by atoms with Gasteiger partial charge in [0, 0.05) is 18.4 Å². The fraction of sp³-hybridized carbons (Fsp3) is 0.697. The van der Waals surface area contributed by atoms with Gasteiger partial charge in [0.05, 0.1) is 22.5 Å². The van der Waals surface area contributed by atoms with Crippen molar-refractivity contribution in [2.24, 2.45) is 5.41 Å². The molecular formula is C33H52N2O. The Hall–Kier alpha value is -1.90. The predicted octanol–water partition coefficient (Wildman–Crippen LogP) is 10.1. The zero-order valence-electron chi connectivity index (χ0n) is 23.6. The number of unbranched alkanes of at least 4 members (excludes halogenated alkanes) is 15. The van der Waals surface area contributed by atoms with Crippen LogP contribution in [-0.2, 0) is 6.42 Å². The minimum Gasteiger partial charge on any atom is -0.384 e. The number of ketones is 1. The molecule has 0 aliphatic heterocycles. The molecule has 3 heteroatoms. The maximum Gasteiger partial charge on any atom is 0.167 e. The Morgan fingerprint density at radius 1 is 0.750 bits per heavy atom. The third-order valence-electron chi connectivity index (χ3n) is 7.86. The molecular weight excluding hydrogens is 440 g/mol. The van der Waals surface area contributed by atoms with E-state index in [2.05, 4.69) is 38.2 Å². The largest absolute Gasteiger partial charge is 0.384 e. The van der Waals surface area contributed by atoms with Crippen LogP contribution in [0.15, 0.2) is 24.3 Å². The predicted molar refractivity (Wildman–Crippen MR) is 156 cm³/mol. The number of hydrogen-bond acceptors (Lipinski definition) is 3. The van der Waals surface area contributed by atoms with Crippen molar-refractivity contribution in [3.63, 3.8) is 0 Å². The van der Waals surface area contributed by atoms with Crippen molar-refractivity contribution >= 4 is 22.4 Å². The summed E-state index contributed by atoms with van der Waals surface area (Å²) in [6.45, 7) is 7.57. The molecule has 3 rings (SSSR count). The van der Waals surface area contributed by atoms with Crippen LogP contribution in [-0.4, -0.2) is 17.3 Å². The van der Waals surface area contributed by atoms with Gasteiger partial charge < -0.3 is 5.32 Å². The lowest BCUT2D eigenvalue weighted by atomic mass is 9.75. The van der Waals surface area contributed by atoms with E-state index in [4.69, 9.17) is 4.98 Å². The molecule has 1 aromatic heterocycles. The third kappa shape index (κ3) is 9.20. The summed E-state index contributed by atoms with van der Waals surface area (Å²) in [4.78, 5) is 18.0. The van der Waals surface area contributed by atoms with Gasteiger partial charge in [-0.05, 0) is 24.3 Å². The van der Waals surface area contributed by atoms with Crippen LogP contribution in [0.3, 0.4) is 0 Å². The number of nitrogens with one attached hydrogen (secondary N) is 1. The topological polar surface area (TPSA) is 42.0 Å². The number of para-hydroxylation sites is 1. The standard InChI is InChI=1S/C33H52N2O/c1-4-5-6-7-8-9-10-11-12-13-14-15-16-17-18-21-24-34-32-27-22-19-20-23-28(27)35-29-25-33(2,3)26-30(36)31(29)32/h19-20,22-23H,4-18,21,24-26H2,1-3H3,(H,34,35). The highest BCUT2D eigenvalue weighted by Gasteiger charge is 2.34. The van der Waals surface area contributed by atoms with Crippen molar-refractivity contribution < 1.29 is 4.79 Å². The highest BCUT2D eigenvalue weighted by atomic mass is 16.1. The molecule has 0 amide bonds. The van der Waals surface area contributed by atoms with E-state index in [1.807, 2.05) is 12.1 Å². The molecule has 0 saturated carbocycles. The Morgan fingerprint density at radius 3 is 1.86 bits per heavy atom. The first-order chi connectivity index (χ1) is 17.5. The number of carbonyl (C=O) groups is 1. The molecule has 0 atom stereocenters. The molecule has 1 N–H and O–H groups in total. The fourth-order valence-corrected chi connectivity index (χ4v) is 5.80. The van der Waals surface area contributed by atoms with E-state index in [9.17, 15) is 4.79 Å². The number of rotatable bonds is 18. The summed E-state index contributed by atoms with van der Waals surface area (Å²) >= 11 is 0. The molecule has 0 spiro atoms. The summed E-state index contributed by atoms with van der Waals surface area (Å²) < 4.78 is 0. The van der Waals surface area contributed by atoms with Gasteiger partial charge in [-0.25, -0.2) is 0 Å². The van der Waals surface area contributed by atoms with E-state index in [0.29, 0.717) is 6.42 Å². The summed E-state index contributed by atoms with van der Waals surface area (Å²) in [6.07, 6.45) is 23.6. The van der Waals surface area contributed by atoms with E-state index in [-0.39, 0.29) is 11.2 Å². The zero-order valence-corrected chi connectivity index (χ0v) is 23.6. The second-order valence-electron chi connectivity index (χ2n) is 12.0. The number of Topliss-reactive ketones (excluding diaryl/α,β-unsaturated/α-hetero) is 1. The van der Waals surface area contributed by atoms with Gasteiger partial charge >= 0.3 is 0 Å². The molecule has 3 nitrogen and oxygen atoms in total. The van der Waals surface area contributed by atoms with Crippen LogP contribution in [0.5, 0.6) is 0 Å². The summed E-state index contributed by atoms with van der Waals surface area (Å²) in [5.74, 6) is 0.244. The second kappa shape index (κ2) is 15.4. The van der Waals surface area contributed by atoms with Crippen molar-refractivity contribution in [3.05, 3.63) is 35.5 Å². The Kier molecular flexibility index (Phi) is 12.2. The van der Waals surface area contributed by atoms with Gasteiger partial charge in [-0.3, -0.25) is 9.78 Å². The van der Waals surface area contributed by atoms with Gasteiger partial charge in [-0.15, -0.1) is 0 Å². The summed E-state index contributed by atoms with van der Waals surface area (Å²) in [5.41, 5.74) is 3.84. The molecule has 0 fully saturated rings. The Morgan fingerprint density at radius 2 is 1.28 bits per heavy atom. The molecule has 0 unspecified atom stereocenters. The monoisotopic (exact) mass is 492 g/mol. The van der Waals surface area contributed by atoms with Crippen LogP contribution in [0.25, 0.3) is 10.9 Å². The first kappa shape index (κ1) is 28.7. The maximum absolute atomic E-state index is 13.1. The van der Waals surface area contributed by atoms with Crippen molar-refractivity contribution in [2.45, 2.75) is 136 Å². The lowest BCUT2D eigenvalue weighted by Gasteiger charge is -2.31. The molecule has 2 aromatic rings. The number of hydrogen-bond donors (Lipinski definition) is 1. The average Bonchev–Trinajstić information content (AvgIpc) is 2.84. The summed E-state index contributed by atoms with van der Waals surface area (Å²) in [7, 11) is 0. The van der Waals surface area contributed by atoms with Crippen LogP contribution in [0.1, 0.15) is 146 Å². The van der Waals surface area contributed by atoms with Gasteiger partial charge in [0.15, 0.2) is 5.78 Å². The molecule has 1 aliphatic carbocycles. The molecule has 200 valence electrons. The van der Waals surface area contributed by atoms with E-state index in [0.717, 1.165) is 47.2 Å². The van der Waals surface area contributed by atoms with Crippen LogP contribution in [0, 0.1) is 5.41 Å². The number of pyridine rings is 1. The van der Waals surface area contributed by atoms with Gasteiger partial charge in [0.1, 0.15) is 0 Å². The van der Waals surface area contributed by atoms with E-state index < -0.39 is 0 Å². The van der Waals surface area contributed by atoms with Crippen LogP contribution >= 0.6 is 0 Å². The van der Waals surface area contributed by atoms with E-state index in [1.54, 1.807) is 0 Å². The average molecular weight is 493 g/mol. The normalized spacial score (nSPS) is 14.8. The lowest BCUT2D eigenvalue weighted by Crippen LogP contribution is -2.29. The van der Waals surface area contributed by atoms with Gasteiger partial charge in [-0.2, -0.15) is 0 Å². The van der Waals surface area contributed by atoms with Crippen molar-refractivity contribution in [2.75, 3.05) is 11.9 Å². The van der Waals surface area contributed by atoms with Gasteiger partial charge in [0.25, 0.3) is 0 Å². The van der Waals surface area contributed by atoms with E-state index >= 15 is 0 Å². The second-order valence-corrected chi connectivity index (χ2v) is 12.0. The molecule has 0 bridgehead atoms. The first-order valence-electron chi connectivity index (χ1n) is 15.2. The number of carbonyl (C=O) groups excluding carboxylic acids is 1. The number of nitrogens with zero attached hydrogens (tertiary/aromatic N) is 1. The first-order valence-corrected chi connectivity index (χ1v) is 15.2. The highest BCUT2D eigenvalue weighted by molar-refractivity contribution is 6.10. The van der Waals surface area contributed by atoms with Crippen LogP contribution in [0.2, 0.25) is 0 Å². The molecule has 1 heterocycles. The summed E-state index contributed by atoms with van der Waals surface area (Å²) in [5, 5.41) is 4.75. The number of aromatic nitrogens is 1. The number of fused-ring (bicyclic) bond motifs is 2. The van der Waals surface area contributed by atoms with Crippen molar-refractivity contribution in [1.82, 2.24) is 4.98 Å². The molecule has 36 heavy (non-hydrogen) atoms. The maximum atomic E-state index is 13.1. The molecule has 0 saturated heterocycles. The Balaban J connectivity index is 1.30. The Bertz CT molecular complexity index is 933. The van der Waals surface area contributed by atoms with Crippen LogP contribution < -0.4 is 5.32 Å². The zero-order chi connectivity index (χ0) is 25.6. The highest BCUT2D eigenvalue weighted by Crippen LogP contribution is 2.39. The Labute approximate surface area is 221 Å². The van der Waals surface area contributed by atoms with Crippen molar-refractivity contribution in [3.8, 4) is 0 Å². The van der Waals surface area contributed by atoms with Gasteiger partial charge in [0.2, 0.25) is 0 Å². The SMILES string of the molecule is CCCCCCCCCCCCCCCCCCNc1c2c(nc3ccccc13)CC(C)(C)CC2=O. The van der Waals surface area contributed by atoms with Gasteiger partial charge in [-0.1, -0.05) is 135 Å². The number of benzene rings is 1. The fourth-order valence-electron chi connectivity index (χ4n) is 5.80. The van der Waals surface area contributed by atoms with Crippen LogP contribution in [0.4, 0.5) is 5.69 Å². The molecule has 1 aliphatic rings.